The maximum absolute atomic E-state index is 2.36. The van der Waals surface area contributed by atoms with Gasteiger partial charge in [0.2, 0.25) is 0 Å². The lowest BCUT2D eigenvalue weighted by atomic mass is 9.94. The average Bonchev–Trinajstić information content (AvgIpc) is 3.51. The normalized spacial score (nSPS) is 11.5. The van der Waals surface area contributed by atoms with Crippen molar-refractivity contribution in [2.45, 2.75) is 0 Å². The standard InChI is InChI=1S/C44H29NS/c1-2-15-34(16-3-1)45(35-26-23-31(24-27-35)38-20-9-12-30-11-4-5-18-37(30)38)36-17-8-14-33(29-36)39-21-10-13-32-25-28-42-44(43(32)39)40-19-6-7-22-41(40)46-42/h1-29H. The third kappa shape index (κ3) is 4.46. The molecule has 0 saturated carbocycles. The summed E-state index contributed by atoms with van der Waals surface area (Å²) in [5, 5.41) is 7.79. The Hall–Kier alpha value is -5.70. The summed E-state index contributed by atoms with van der Waals surface area (Å²) in [4.78, 5) is 2.36. The summed E-state index contributed by atoms with van der Waals surface area (Å²) in [6.45, 7) is 0. The van der Waals surface area contributed by atoms with E-state index in [0.29, 0.717) is 0 Å². The van der Waals surface area contributed by atoms with E-state index in [1.165, 1.54) is 64.0 Å². The number of thiophene rings is 1. The van der Waals surface area contributed by atoms with E-state index in [1.54, 1.807) is 0 Å². The lowest BCUT2D eigenvalue weighted by Gasteiger charge is -2.26. The molecule has 1 heterocycles. The number of hydrogen-bond acceptors (Lipinski definition) is 2. The summed E-state index contributed by atoms with van der Waals surface area (Å²) in [6, 6.07) is 63.8. The van der Waals surface area contributed by atoms with E-state index in [-0.39, 0.29) is 0 Å². The van der Waals surface area contributed by atoms with Crippen LogP contribution in [0, 0.1) is 0 Å². The Morgan fingerprint density at radius 2 is 1.00 bits per heavy atom. The largest absolute Gasteiger partial charge is 0.310 e. The first kappa shape index (κ1) is 26.7. The lowest BCUT2D eigenvalue weighted by Crippen LogP contribution is -2.09. The Balaban J connectivity index is 1.19. The number of benzene rings is 8. The summed E-state index contributed by atoms with van der Waals surface area (Å²) >= 11 is 1.87. The predicted octanol–water partition coefficient (Wildman–Crippen LogP) is 13.2. The molecule has 0 saturated heterocycles. The summed E-state index contributed by atoms with van der Waals surface area (Å²) in [5.74, 6) is 0. The highest BCUT2D eigenvalue weighted by Crippen LogP contribution is 2.44. The van der Waals surface area contributed by atoms with Crippen molar-refractivity contribution in [2.24, 2.45) is 0 Å². The zero-order valence-electron chi connectivity index (χ0n) is 25.1. The Morgan fingerprint density at radius 1 is 0.348 bits per heavy atom. The monoisotopic (exact) mass is 603 g/mol. The summed E-state index contributed by atoms with van der Waals surface area (Å²) in [7, 11) is 0. The van der Waals surface area contributed by atoms with Gasteiger partial charge in [0.25, 0.3) is 0 Å². The van der Waals surface area contributed by atoms with Crippen LogP contribution in [0.25, 0.3) is 64.0 Å². The number of para-hydroxylation sites is 1. The molecule has 0 N–H and O–H groups in total. The molecule has 0 fully saturated rings. The first-order valence-corrected chi connectivity index (χ1v) is 16.5. The Morgan fingerprint density at radius 3 is 1.87 bits per heavy atom. The number of fused-ring (bicyclic) bond motifs is 6. The van der Waals surface area contributed by atoms with Gasteiger partial charge in [-0.05, 0) is 92.3 Å². The Labute approximate surface area is 272 Å². The molecule has 0 aliphatic carbocycles. The van der Waals surface area contributed by atoms with Crippen molar-refractivity contribution in [1.82, 2.24) is 0 Å². The SMILES string of the molecule is c1ccc(N(c2ccc(-c3cccc4ccccc34)cc2)c2cccc(-c3cccc4ccc5sc6ccccc6c5c34)c2)cc1. The first-order chi connectivity index (χ1) is 22.8. The summed E-state index contributed by atoms with van der Waals surface area (Å²) in [5.41, 5.74) is 8.30. The van der Waals surface area contributed by atoms with Gasteiger partial charge in [-0.15, -0.1) is 11.3 Å². The highest BCUT2D eigenvalue weighted by Gasteiger charge is 2.16. The number of anilines is 3. The van der Waals surface area contributed by atoms with Crippen LogP contribution in [-0.2, 0) is 0 Å². The molecule has 0 radical (unpaired) electrons. The Bertz CT molecular complexity index is 2520. The molecule has 8 aromatic carbocycles. The number of rotatable bonds is 5. The molecule has 0 aliphatic heterocycles. The maximum atomic E-state index is 2.36. The predicted molar refractivity (Wildman–Crippen MR) is 200 cm³/mol. The fraction of sp³-hybridized carbons (Fsp3) is 0. The molecule has 46 heavy (non-hydrogen) atoms. The first-order valence-electron chi connectivity index (χ1n) is 15.7. The van der Waals surface area contributed by atoms with Crippen LogP contribution in [0.15, 0.2) is 176 Å². The topological polar surface area (TPSA) is 3.24 Å². The second kappa shape index (κ2) is 11.0. The van der Waals surface area contributed by atoms with Crippen molar-refractivity contribution < 1.29 is 0 Å². The van der Waals surface area contributed by atoms with Gasteiger partial charge in [-0.1, -0.05) is 127 Å². The molecule has 0 spiro atoms. The minimum atomic E-state index is 1.12. The van der Waals surface area contributed by atoms with E-state index in [0.717, 1.165) is 17.1 Å². The van der Waals surface area contributed by atoms with Gasteiger partial charge < -0.3 is 4.90 Å². The van der Waals surface area contributed by atoms with Gasteiger partial charge in [-0.25, -0.2) is 0 Å². The van der Waals surface area contributed by atoms with Gasteiger partial charge in [0.05, 0.1) is 0 Å². The third-order valence-corrected chi connectivity index (χ3v) is 10.2. The van der Waals surface area contributed by atoms with E-state index in [9.17, 15) is 0 Å². The maximum Gasteiger partial charge on any atom is 0.0467 e. The number of nitrogens with zero attached hydrogens (tertiary/aromatic N) is 1. The van der Waals surface area contributed by atoms with E-state index in [1.807, 2.05) is 11.3 Å². The van der Waals surface area contributed by atoms with Crippen LogP contribution in [0.2, 0.25) is 0 Å². The molecule has 1 nitrogen and oxygen atoms in total. The second-order valence-electron chi connectivity index (χ2n) is 11.7. The lowest BCUT2D eigenvalue weighted by molar-refractivity contribution is 1.28. The highest BCUT2D eigenvalue weighted by atomic mass is 32.1. The van der Waals surface area contributed by atoms with Crippen molar-refractivity contribution in [3.05, 3.63) is 176 Å². The van der Waals surface area contributed by atoms with Gasteiger partial charge in [-0.2, -0.15) is 0 Å². The molecule has 0 amide bonds. The van der Waals surface area contributed by atoms with E-state index < -0.39 is 0 Å². The molecule has 0 unspecified atom stereocenters. The molecule has 1 aromatic heterocycles. The quantitative estimate of drug-likeness (QED) is 0.189. The molecule has 216 valence electrons. The molecule has 0 bridgehead atoms. The summed E-state index contributed by atoms with van der Waals surface area (Å²) in [6.07, 6.45) is 0. The molecule has 2 heteroatoms. The van der Waals surface area contributed by atoms with Crippen molar-refractivity contribution in [1.29, 1.82) is 0 Å². The van der Waals surface area contributed by atoms with Crippen LogP contribution >= 0.6 is 11.3 Å². The van der Waals surface area contributed by atoms with Crippen LogP contribution in [0.1, 0.15) is 0 Å². The molecule has 9 rings (SSSR count). The van der Waals surface area contributed by atoms with Gasteiger partial charge in [-0.3, -0.25) is 0 Å². The van der Waals surface area contributed by atoms with Crippen LogP contribution in [0.3, 0.4) is 0 Å². The van der Waals surface area contributed by atoms with E-state index in [4.69, 9.17) is 0 Å². The minimum Gasteiger partial charge on any atom is -0.310 e. The Kier molecular flexibility index (Phi) is 6.40. The molecule has 0 atom stereocenters. The fourth-order valence-electron chi connectivity index (χ4n) is 6.94. The van der Waals surface area contributed by atoms with Crippen molar-refractivity contribution in [3.8, 4) is 22.3 Å². The minimum absolute atomic E-state index is 1.12. The van der Waals surface area contributed by atoms with E-state index in [2.05, 4.69) is 181 Å². The van der Waals surface area contributed by atoms with Crippen LogP contribution in [0.4, 0.5) is 17.1 Å². The molecule has 9 aromatic rings. The van der Waals surface area contributed by atoms with Crippen LogP contribution in [0.5, 0.6) is 0 Å². The highest BCUT2D eigenvalue weighted by molar-refractivity contribution is 7.26. The molecule has 0 aliphatic rings. The van der Waals surface area contributed by atoms with Crippen molar-refractivity contribution >= 4 is 70.1 Å². The fourth-order valence-corrected chi connectivity index (χ4v) is 8.05. The van der Waals surface area contributed by atoms with Gasteiger partial charge in [0.1, 0.15) is 0 Å². The van der Waals surface area contributed by atoms with Gasteiger partial charge >= 0.3 is 0 Å². The zero-order valence-corrected chi connectivity index (χ0v) is 25.9. The van der Waals surface area contributed by atoms with Crippen LogP contribution < -0.4 is 4.90 Å². The third-order valence-electron chi connectivity index (χ3n) is 9.04. The second-order valence-corrected chi connectivity index (χ2v) is 12.8. The smallest absolute Gasteiger partial charge is 0.0467 e. The zero-order chi connectivity index (χ0) is 30.5. The molecular weight excluding hydrogens is 575 g/mol. The van der Waals surface area contributed by atoms with Crippen molar-refractivity contribution in [3.63, 3.8) is 0 Å². The number of hydrogen-bond donors (Lipinski definition) is 0. The summed E-state index contributed by atoms with van der Waals surface area (Å²) < 4.78 is 2.66. The molecular formula is C44H29NS. The van der Waals surface area contributed by atoms with Crippen LogP contribution in [-0.4, -0.2) is 0 Å². The van der Waals surface area contributed by atoms with Gasteiger partial charge in [0.15, 0.2) is 0 Å². The van der Waals surface area contributed by atoms with E-state index >= 15 is 0 Å². The average molecular weight is 604 g/mol. The van der Waals surface area contributed by atoms with Gasteiger partial charge in [0, 0.05) is 37.2 Å². The van der Waals surface area contributed by atoms with Crippen molar-refractivity contribution in [2.75, 3.05) is 4.90 Å².